The first-order chi connectivity index (χ1) is 9.81. The molecule has 0 radical (unpaired) electrons. The monoisotopic (exact) mass is 346 g/mol. The molecule has 0 fully saturated rings. The van der Waals surface area contributed by atoms with Gasteiger partial charge >= 0.3 is 0 Å². The van der Waals surface area contributed by atoms with Crippen molar-refractivity contribution >= 4 is 27.7 Å². The first kappa shape index (κ1) is 13.4. The van der Waals surface area contributed by atoms with Gasteiger partial charge in [0, 0.05) is 15.8 Å². The lowest BCUT2D eigenvalue weighted by molar-refractivity contribution is 0.466. The smallest absolute Gasteiger partial charge is 0.277 e. The van der Waals surface area contributed by atoms with Crippen LogP contribution in [0.25, 0.3) is 11.5 Å². The summed E-state index contributed by atoms with van der Waals surface area (Å²) < 4.78 is 6.68. The highest BCUT2D eigenvalue weighted by atomic mass is 79.9. The van der Waals surface area contributed by atoms with Gasteiger partial charge in [0.15, 0.2) is 0 Å². The van der Waals surface area contributed by atoms with Crippen LogP contribution in [0, 0.1) is 0 Å². The fraction of sp³-hybridized carbons (Fsp3) is 0.0667. The summed E-state index contributed by atoms with van der Waals surface area (Å²) in [7, 11) is 0. The van der Waals surface area contributed by atoms with Crippen molar-refractivity contribution < 1.29 is 4.42 Å². The van der Waals surface area contributed by atoms with Crippen molar-refractivity contribution in [1.82, 2.24) is 10.2 Å². The Morgan fingerprint density at radius 2 is 1.70 bits per heavy atom. The number of aromatic nitrogens is 2. The largest absolute Gasteiger partial charge is 0.411 e. The van der Waals surface area contributed by atoms with E-state index in [1.165, 1.54) is 5.56 Å². The number of rotatable bonds is 4. The van der Waals surface area contributed by atoms with E-state index in [4.69, 9.17) is 4.42 Å². The highest BCUT2D eigenvalue weighted by Gasteiger charge is 2.08. The summed E-state index contributed by atoms with van der Waals surface area (Å²) in [5.74, 6) is 1.37. The molecule has 5 heteroatoms. The molecule has 0 aliphatic heterocycles. The van der Waals surface area contributed by atoms with E-state index in [1.807, 2.05) is 42.5 Å². The molecule has 0 aliphatic rings. The highest BCUT2D eigenvalue weighted by molar-refractivity contribution is 9.10. The molecule has 3 aromatic rings. The van der Waals surface area contributed by atoms with E-state index >= 15 is 0 Å². The first-order valence-corrected chi connectivity index (χ1v) is 7.85. The molecule has 0 atom stereocenters. The summed E-state index contributed by atoms with van der Waals surface area (Å²) in [6.07, 6.45) is 0. The minimum atomic E-state index is 0.549. The van der Waals surface area contributed by atoms with Crippen LogP contribution in [0.15, 0.2) is 68.7 Å². The van der Waals surface area contributed by atoms with Crippen molar-refractivity contribution in [3.8, 4) is 11.5 Å². The number of nitrogens with zero attached hydrogens (tertiary/aromatic N) is 2. The molecular weight excluding hydrogens is 336 g/mol. The second-order valence-electron chi connectivity index (χ2n) is 4.15. The Kier molecular flexibility index (Phi) is 4.18. The van der Waals surface area contributed by atoms with Crippen molar-refractivity contribution in [2.24, 2.45) is 0 Å². The topological polar surface area (TPSA) is 38.9 Å². The Labute approximate surface area is 129 Å². The summed E-state index contributed by atoms with van der Waals surface area (Å²) in [4.78, 5) is 0. The van der Waals surface area contributed by atoms with Crippen LogP contribution in [-0.2, 0) is 5.75 Å². The number of hydrogen-bond acceptors (Lipinski definition) is 4. The fourth-order valence-electron chi connectivity index (χ4n) is 1.70. The van der Waals surface area contributed by atoms with Crippen LogP contribution in [0.5, 0.6) is 0 Å². The first-order valence-electron chi connectivity index (χ1n) is 6.07. The second kappa shape index (κ2) is 6.24. The zero-order chi connectivity index (χ0) is 13.8. The van der Waals surface area contributed by atoms with E-state index < -0.39 is 0 Å². The molecule has 0 aliphatic carbocycles. The normalized spacial score (nSPS) is 10.7. The quantitative estimate of drug-likeness (QED) is 0.636. The third kappa shape index (κ3) is 3.29. The van der Waals surface area contributed by atoms with Crippen LogP contribution >= 0.6 is 27.7 Å². The predicted octanol–water partition coefficient (Wildman–Crippen LogP) is 4.79. The van der Waals surface area contributed by atoms with Crippen molar-refractivity contribution in [3.05, 3.63) is 64.6 Å². The van der Waals surface area contributed by atoms with Crippen LogP contribution in [0.1, 0.15) is 5.56 Å². The summed E-state index contributed by atoms with van der Waals surface area (Å²) >= 11 is 4.95. The van der Waals surface area contributed by atoms with E-state index in [0.717, 1.165) is 15.8 Å². The maximum atomic E-state index is 5.66. The maximum absolute atomic E-state index is 5.66. The number of benzene rings is 2. The molecule has 100 valence electrons. The van der Waals surface area contributed by atoms with Gasteiger partial charge in [-0.1, -0.05) is 58.0 Å². The highest BCUT2D eigenvalue weighted by Crippen LogP contribution is 2.26. The Balaban J connectivity index is 1.69. The Hall–Kier alpha value is -1.59. The minimum absolute atomic E-state index is 0.549. The van der Waals surface area contributed by atoms with E-state index in [2.05, 4.69) is 38.3 Å². The van der Waals surface area contributed by atoms with Gasteiger partial charge in [-0.25, -0.2) is 0 Å². The number of halogens is 1. The van der Waals surface area contributed by atoms with Crippen molar-refractivity contribution in [3.63, 3.8) is 0 Å². The van der Waals surface area contributed by atoms with E-state index in [9.17, 15) is 0 Å². The molecule has 0 spiro atoms. The molecule has 0 saturated heterocycles. The van der Waals surface area contributed by atoms with Crippen molar-refractivity contribution in [2.45, 2.75) is 11.0 Å². The summed E-state index contributed by atoms with van der Waals surface area (Å²) in [5, 5.41) is 8.73. The van der Waals surface area contributed by atoms with E-state index in [-0.39, 0.29) is 0 Å². The molecule has 0 amide bonds. The van der Waals surface area contributed by atoms with Crippen LogP contribution in [0.3, 0.4) is 0 Å². The van der Waals surface area contributed by atoms with Gasteiger partial charge in [0.25, 0.3) is 5.22 Å². The lowest BCUT2D eigenvalue weighted by atomic mass is 10.2. The third-order valence-corrected chi connectivity index (χ3v) is 4.12. The van der Waals surface area contributed by atoms with Crippen molar-refractivity contribution in [1.29, 1.82) is 0 Å². The van der Waals surface area contributed by atoms with Crippen LogP contribution in [-0.4, -0.2) is 10.2 Å². The molecule has 3 nitrogen and oxygen atoms in total. The number of hydrogen-bond donors (Lipinski definition) is 0. The van der Waals surface area contributed by atoms with E-state index in [0.29, 0.717) is 11.1 Å². The Morgan fingerprint density at radius 1 is 0.950 bits per heavy atom. The third-order valence-electron chi connectivity index (χ3n) is 2.70. The zero-order valence-electron chi connectivity index (χ0n) is 10.5. The summed E-state index contributed by atoms with van der Waals surface area (Å²) in [6.45, 7) is 0. The van der Waals surface area contributed by atoms with Gasteiger partial charge in [-0.3, -0.25) is 0 Å². The molecule has 2 aromatic carbocycles. The molecule has 3 rings (SSSR count). The van der Waals surface area contributed by atoms with Gasteiger partial charge in [-0.05, 0) is 29.8 Å². The predicted molar refractivity (Wildman–Crippen MR) is 83.4 cm³/mol. The Bertz CT molecular complexity index is 683. The van der Waals surface area contributed by atoms with Crippen LogP contribution < -0.4 is 0 Å². The molecular formula is C15H11BrN2OS. The summed E-state index contributed by atoms with van der Waals surface area (Å²) in [6, 6.07) is 18.0. The summed E-state index contributed by atoms with van der Waals surface area (Å²) in [5.41, 5.74) is 2.16. The molecule has 1 heterocycles. The zero-order valence-corrected chi connectivity index (χ0v) is 12.9. The van der Waals surface area contributed by atoms with Gasteiger partial charge in [0.1, 0.15) is 0 Å². The molecule has 1 aromatic heterocycles. The van der Waals surface area contributed by atoms with Gasteiger partial charge < -0.3 is 4.42 Å². The molecule has 0 bridgehead atoms. The Morgan fingerprint density at radius 3 is 2.45 bits per heavy atom. The minimum Gasteiger partial charge on any atom is -0.411 e. The SMILES string of the molecule is Brc1ccc(-c2nnc(SCc3ccccc3)o2)cc1. The van der Waals surface area contributed by atoms with Gasteiger partial charge in [-0.15, -0.1) is 10.2 Å². The van der Waals surface area contributed by atoms with Gasteiger partial charge in [0.2, 0.25) is 5.89 Å². The second-order valence-corrected chi connectivity index (χ2v) is 6.00. The molecule has 0 unspecified atom stereocenters. The maximum Gasteiger partial charge on any atom is 0.277 e. The molecule has 0 N–H and O–H groups in total. The molecule has 20 heavy (non-hydrogen) atoms. The average molecular weight is 347 g/mol. The molecule has 0 saturated carbocycles. The average Bonchev–Trinajstić information content (AvgIpc) is 2.96. The number of thioether (sulfide) groups is 1. The fourth-order valence-corrected chi connectivity index (χ4v) is 2.68. The van der Waals surface area contributed by atoms with Gasteiger partial charge in [0.05, 0.1) is 0 Å². The van der Waals surface area contributed by atoms with Crippen LogP contribution in [0.4, 0.5) is 0 Å². The van der Waals surface area contributed by atoms with Crippen molar-refractivity contribution in [2.75, 3.05) is 0 Å². The lowest BCUT2D eigenvalue weighted by Crippen LogP contribution is -1.79. The lowest BCUT2D eigenvalue weighted by Gasteiger charge is -1.97. The van der Waals surface area contributed by atoms with Gasteiger partial charge in [-0.2, -0.15) is 0 Å². The standard InChI is InChI=1S/C15H11BrN2OS/c16-13-8-6-12(7-9-13)14-17-18-15(19-14)20-10-11-4-2-1-3-5-11/h1-9H,10H2. The van der Waals surface area contributed by atoms with Crippen LogP contribution in [0.2, 0.25) is 0 Å². The van der Waals surface area contributed by atoms with E-state index in [1.54, 1.807) is 11.8 Å².